The van der Waals surface area contributed by atoms with Crippen LogP contribution in [0.3, 0.4) is 0 Å². The standard InChI is InChI=1S/C18H14FNOS/c1-12-9-14(19)11-15(10-12)20-16-7-8-22-18(16)17(21)13-5-3-2-4-6-13/h2-11,20H,1H3. The van der Waals surface area contributed by atoms with Crippen molar-refractivity contribution in [1.29, 1.82) is 0 Å². The van der Waals surface area contributed by atoms with Crippen LogP contribution in [0.4, 0.5) is 15.8 Å². The van der Waals surface area contributed by atoms with Gasteiger partial charge in [0.25, 0.3) is 0 Å². The summed E-state index contributed by atoms with van der Waals surface area (Å²) in [6.07, 6.45) is 0. The molecule has 2 nitrogen and oxygen atoms in total. The van der Waals surface area contributed by atoms with Crippen LogP contribution >= 0.6 is 11.3 Å². The van der Waals surface area contributed by atoms with Gasteiger partial charge in [0.05, 0.1) is 10.6 Å². The third-order valence-corrected chi connectivity index (χ3v) is 4.14. The molecule has 0 aliphatic heterocycles. The minimum absolute atomic E-state index is 0.0359. The lowest BCUT2D eigenvalue weighted by molar-refractivity contribution is 0.104. The minimum atomic E-state index is -0.298. The molecule has 22 heavy (non-hydrogen) atoms. The Bertz CT molecular complexity index is 791. The molecule has 0 bridgehead atoms. The molecule has 0 atom stereocenters. The summed E-state index contributed by atoms with van der Waals surface area (Å²) >= 11 is 1.37. The number of rotatable bonds is 4. The highest BCUT2D eigenvalue weighted by atomic mass is 32.1. The Morgan fingerprint density at radius 3 is 2.59 bits per heavy atom. The van der Waals surface area contributed by atoms with Gasteiger partial charge >= 0.3 is 0 Å². The van der Waals surface area contributed by atoms with Gasteiger partial charge in [-0.3, -0.25) is 4.79 Å². The van der Waals surface area contributed by atoms with Crippen molar-refractivity contribution < 1.29 is 9.18 Å². The highest BCUT2D eigenvalue weighted by molar-refractivity contribution is 7.13. The highest BCUT2D eigenvalue weighted by Gasteiger charge is 2.15. The third kappa shape index (κ3) is 3.07. The zero-order valence-corrected chi connectivity index (χ0v) is 12.8. The van der Waals surface area contributed by atoms with Crippen molar-refractivity contribution in [3.63, 3.8) is 0 Å². The van der Waals surface area contributed by atoms with E-state index in [1.165, 1.54) is 23.5 Å². The molecule has 110 valence electrons. The first-order valence-corrected chi connectivity index (χ1v) is 7.73. The Kier molecular flexibility index (Phi) is 4.02. The number of thiophene rings is 1. The van der Waals surface area contributed by atoms with Crippen LogP contribution in [0.1, 0.15) is 20.8 Å². The van der Waals surface area contributed by atoms with Crippen molar-refractivity contribution in [3.05, 3.63) is 81.8 Å². The van der Waals surface area contributed by atoms with Gasteiger partial charge < -0.3 is 5.32 Å². The molecule has 3 aromatic rings. The van der Waals surface area contributed by atoms with E-state index in [-0.39, 0.29) is 11.6 Å². The Balaban J connectivity index is 1.91. The number of benzene rings is 2. The van der Waals surface area contributed by atoms with Crippen LogP contribution in [0.25, 0.3) is 0 Å². The van der Waals surface area contributed by atoms with E-state index < -0.39 is 0 Å². The van der Waals surface area contributed by atoms with Crippen LogP contribution in [-0.4, -0.2) is 5.78 Å². The quantitative estimate of drug-likeness (QED) is 0.673. The smallest absolute Gasteiger partial charge is 0.205 e. The van der Waals surface area contributed by atoms with E-state index in [0.717, 1.165) is 5.56 Å². The predicted molar refractivity (Wildman–Crippen MR) is 88.6 cm³/mol. The van der Waals surface area contributed by atoms with Crippen LogP contribution in [0.2, 0.25) is 0 Å². The van der Waals surface area contributed by atoms with Crippen molar-refractivity contribution in [2.75, 3.05) is 5.32 Å². The number of hydrogen-bond acceptors (Lipinski definition) is 3. The van der Waals surface area contributed by atoms with Crippen molar-refractivity contribution >= 4 is 28.5 Å². The molecule has 3 rings (SSSR count). The van der Waals surface area contributed by atoms with Gasteiger partial charge in [0, 0.05) is 11.3 Å². The van der Waals surface area contributed by atoms with Gasteiger partial charge in [-0.1, -0.05) is 30.3 Å². The second-order valence-electron chi connectivity index (χ2n) is 5.00. The normalized spacial score (nSPS) is 10.5. The van der Waals surface area contributed by atoms with Gasteiger partial charge in [-0.05, 0) is 42.1 Å². The van der Waals surface area contributed by atoms with Crippen molar-refractivity contribution in [2.24, 2.45) is 0 Å². The van der Waals surface area contributed by atoms with Crippen LogP contribution in [-0.2, 0) is 0 Å². The minimum Gasteiger partial charge on any atom is -0.354 e. The number of hydrogen-bond donors (Lipinski definition) is 1. The maximum absolute atomic E-state index is 13.5. The summed E-state index contributed by atoms with van der Waals surface area (Å²) in [6.45, 7) is 1.83. The fourth-order valence-corrected chi connectivity index (χ4v) is 3.08. The molecular weight excluding hydrogens is 297 g/mol. The monoisotopic (exact) mass is 311 g/mol. The van der Waals surface area contributed by atoms with Crippen LogP contribution in [0.15, 0.2) is 60.0 Å². The van der Waals surface area contributed by atoms with Gasteiger partial charge in [-0.15, -0.1) is 11.3 Å². The van der Waals surface area contributed by atoms with E-state index in [1.54, 1.807) is 12.1 Å². The van der Waals surface area contributed by atoms with Gasteiger partial charge in [0.15, 0.2) is 0 Å². The van der Waals surface area contributed by atoms with E-state index in [2.05, 4.69) is 5.32 Å². The number of carbonyl (C=O) groups excluding carboxylic acids is 1. The molecule has 0 saturated heterocycles. The Labute approximate surface area is 132 Å². The van der Waals surface area contributed by atoms with Gasteiger partial charge in [0.1, 0.15) is 5.82 Å². The lowest BCUT2D eigenvalue weighted by atomic mass is 10.1. The van der Waals surface area contributed by atoms with E-state index in [9.17, 15) is 9.18 Å². The predicted octanol–water partition coefficient (Wildman–Crippen LogP) is 5.17. The van der Waals surface area contributed by atoms with Crippen molar-refractivity contribution in [2.45, 2.75) is 6.92 Å². The second-order valence-corrected chi connectivity index (χ2v) is 5.92. The topological polar surface area (TPSA) is 29.1 Å². The van der Waals surface area contributed by atoms with Gasteiger partial charge in [-0.2, -0.15) is 0 Å². The summed E-state index contributed by atoms with van der Waals surface area (Å²) in [4.78, 5) is 13.2. The fraction of sp³-hybridized carbons (Fsp3) is 0.0556. The average molecular weight is 311 g/mol. The molecule has 0 amide bonds. The number of carbonyl (C=O) groups is 1. The average Bonchev–Trinajstić information content (AvgIpc) is 2.94. The molecule has 0 fully saturated rings. The van der Waals surface area contributed by atoms with E-state index >= 15 is 0 Å². The molecule has 1 heterocycles. The number of halogens is 1. The second kappa shape index (κ2) is 6.12. The molecule has 1 N–H and O–H groups in total. The third-order valence-electron chi connectivity index (χ3n) is 3.23. The number of nitrogens with one attached hydrogen (secondary N) is 1. The molecular formula is C18H14FNOS. The Hall–Kier alpha value is -2.46. The lowest BCUT2D eigenvalue weighted by Crippen LogP contribution is -2.02. The molecule has 0 aliphatic carbocycles. The molecule has 1 aromatic heterocycles. The first-order chi connectivity index (χ1) is 10.6. The molecule has 0 unspecified atom stereocenters. The summed E-state index contributed by atoms with van der Waals surface area (Å²) in [5, 5.41) is 4.99. The van der Waals surface area contributed by atoms with E-state index in [4.69, 9.17) is 0 Å². The first kappa shape index (κ1) is 14.5. The number of ketones is 1. The zero-order chi connectivity index (χ0) is 15.5. The number of aryl methyl sites for hydroxylation is 1. The summed E-state index contributed by atoms with van der Waals surface area (Å²) in [5.74, 6) is -0.333. The summed E-state index contributed by atoms with van der Waals surface area (Å²) in [5.41, 5.74) is 2.80. The largest absolute Gasteiger partial charge is 0.354 e. The molecule has 2 aromatic carbocycles. The Morgan fingerprint density at radius 1 is 1.09 bits per heavy atom. The van der Waals surface area contributed by atoms with Crippen LogP contribution in [0, 0.1) is 12.7 Å². The molecule has 0 radical (unpaired) electrons. The lowest BCUT2D eigenvalue weighted by Gasteiger charge is -2.08. The van der Waals surface area contributed by atoms with Crippen molar-refractivity contribution in [3.8, 4) is 0 Å². The summed E-state index contributed by atoms with van der Waals surface area (Å²) in [6, 6.07) is 15.7. The summed E-state index contributed by atoms with van der Waals surface area (Å²) < 4.78 is 13.5. The van der Waals surface area contributed by atoms with Crippen LogP contribution in [0.5, 0.6) is 0 Å². The SMILES string of the molecule is Cc1cc(F)cc(Nc2ccsc2C(=O)c2ccccc2)c1. The summed E-state index contributed by atoms with van der Waals surface area (Å²) in [7, 11) is 0. The first-order valence-electron chi connectivity index (χ1n) is 6.85. The Morgan fingerprint density at radius 2 is 1.86 bits per heavy atom. The van der Waals surface area contributed by atoms with Crippen LogP contribution < -0.4 is 5.32 Å². The zero-order valence-electron chi connectivity index (χ0n) is 12.0. The molecule has 0 spiro atoms. The maximum atomic E-state index is 13.5. The van der Waals surface area contributed by atoms with Crippen molar-refractivity contribution in [1.82, 2.24) is 0 Å². The molecule has 0 aliphatic rings. The maximum Gasteiger partial charge on any atom is 0.205 e. The van der Waals surface area contributed by atoms with E-state index in [1.807, 2.05) is 42.6 Å². The number of anilines is 2. The molecule has 4 heteroatoms. The van der Waals surface area contributed by atoms with Gasteiger partial charge in [-0.25, -0.2) is 4.39 Å². The highest BCUT2D eigenvalue weighted by Crippen LogP contribution is 2.29. The van der Waals surface area contributed by atoms with Gasteiger partial charge in [0.2, 0.25) is 5.78 Å². The fourth-order valence-electron chi connectivity index (χ4n) is 2.27. The molecule has 0 saturated carbocycles. The van der Waals surface area contributed by atoms with E-state index in [0.29, 0.717) is 21.8 Å².